The largest absolute Gasteiger partial charge is 0.296 e. The van der Waals surface area contributed by atoms with Crippen LogP contribution >= 0.6 is 0 Å². The molecule has 0 aromatic carbocycles. The van der Waals surface area contributed by atoms with E-state index >= 15 is 0 Å². The van der Waals surface area contributed by atoms with Gasteiger partial charge in [-0.15, -0.1) is 0 Å². The van der Waals surface area contributed by atoms with Gasteiger partial charge in [0.1, 0.15) is 0 Å². The summed E-state index contributed by atoms with van der Waals surface area (Å²) in [5.74, 6) is 1.42. The lowest BCUT2D eigenvalue weighted by atomic mass is 9.88. The SMILES string of the molecule is C[C@H]1C[C@H](C)CN(C(C)(C)CNS(=O)(=O)CCCCC#N)C1. The predicted octanol–water partition coefficient (Wildman–Crippen LogP) is 2.36. The molecule has 0 unspecified atom stereocenters. The van der Waals surface area contributed by atoms with Gasteiger partial charge in [0, 0.05) is 31.6 Å². The maximum Gasteiger partial charge on any atom is 0.211 e. The zero-order valence-corrected chi connectivity index (χ0v) is 15.2. The molecule has 2 atom stereocenters. The van der Waals surface area contributed by atoms with Crippen molar-refractivity contribution in [3.05, 3.63) is 0 Å². The fourth-order valence-electron chi connectivity index (χ4n) is 3.12. The van der Waals surface area contributed by atoms with Crippen LogP contribution in [-0.4, -0.2) is 44.2 Å². The van der Waals surface area contributed by atoms with Gasteiger partial charge >= 0.3 is 0 Å². The third-order valence-electron chi connectivity index (χ3n) is 4.40. The molecule has 0 radical (unpaired) electrons. The van der Waals surface area contributed by atoms with E-state index in [4.69, 9.17) is 5.26 Å². The first-order valence-corrected chi connectivity index (χ1v) is 9.91. The highest BCUT2D eigenvalue weighted by Crippen LogP contribution is 2.26. The Morgan fingerprint density at radius 1 is 1.23 bits per heavy atom. The zero-order valence-electron chi connectivity index (χ0n) is 14.4. The van der Waals surface area contributed by atoms with E-state index in [1.165, 1.54) is 6.42 Å². The number of unbranched alkanes of at least 4 members (excludes halogenated alkanes) is 2. The second-order valence-electron chi connectivity index (χ2n) is 7.42. The Morgan fingerprint density at radius 2 is 1.82 bits per heavy atom. The third kappa shape index (κ3) is 6.64. The molecule has 0 saturated carbocycles. The second-order valence-corrected chi connectivity index (χ2v) is 9.35. The Labute approximate surface area is 136 Å². The molecule has 1 aliphatic heterocycles. The molecule has 0 bridgehead atoms. The van der Waals surface area contributed by atoms with Crippen molar-refractivity contribution >= 4 is 10.0 Å². The van der Waals surface area contributed by atoms with E-state index in [1.807, 2.05) is 6.07 Å². The first-order chi connectivity index (χ1) is 10.2. The van der Waals surface area contributed by atoms with Gasteiger partial charge in [0.15, 0.2) is 0 Å². The monoisotopic (exact) mass is 329 g/mol. The van der Waals surface area contributed by atoms with Gasteiger partial charge in [-0.25, -0.2) is 13.1 Å². The molecule has 1 rings (SSSR count). The third-order valence-corrected chi connectivity index (χ3v) is 5.81. The molecule has 0 aliphatic carbocycles. The summed E-state index contributed by atoms with van der Waals surface area (Å²) in [6.45, 7) is 11.2. The van der Waals surface area contributed by atoms with Crippen molar-refractivity contribution < 1.29 is 8.42 Å². The first-order valence-electron chi connectivity index (χ1n) is 8.25. The van der Waals surface area contributed by atoms with Crippen molar-refractivity contribution in [2.24, 2.45) is 11.8 Å². The fraction of sp³-hybridized carbons (Fsp3) is 0.938. The van der Waals surface area contributed by atoms with Crippen LogP contribution in [0.25, 0.3) is 0 Å². The zero-order chi connectivity index (χ0) is 16.8. The number of sulfonamides is 1. The molecule has 1 saturated heterocycles. The summed E-state index contributed by atoms with van der Waals surface area (Å²) < 4.78 is 26.8. The highest BCUT2D eigenvalue weighted by molar-refractivity contribution is 7.89. The highest BCUT2D eigenvalue weighted by atomic mass is 32.2. The van der Waals surface area contributed by atoms with Crippen molar-refractivity contribution in [3.8, 4) is 6.07 Å². The van der Waals surface area contributed by atoms with Crippen molar-refractivity contribution in [1.82, 2.24) is 9.62 Å². The van der Waals surface area contributed by atoms with Crippen LogP contribution in [0.2, 0.25) is 0 Å². The van der Waals surface area contributed by atoms with E-state index in [9.17, 15) is 8.42 Å². The van der Waals surface area contributed by atoms with Crippen LogP contribution in [0.4, 0.5) is 0 Å². The van der Waals surface area contributed by atoms with E-state index in [0.29, 0.717) is 37.6 Å². The van der Waals surface area contributed by atoms with Gasteiger partial charge in [-0.1, -0.05) is 13.8 Å². The van der Waals surface area contributed by atoms with Crippen molar-refractivity contribution in [3.63, 3.8) is 0 Å². The van der Waals surface area contributed by atoms with E-state index in [2.05, 4.69) is 37.3 Å². The summed E-state index contributed by atoms with van der Waals surface area (Å²) in [6, 6.07) is 2.04. The molecule has 1 aliphatic rings. The molecule has 22 heavy (non-hydrogen) atoms. The molecule has 6 heteroatoms. The lowest BCUT2D eigenvalue weighted by molar-refractivity contribution is 0.0489. The fourth-order valence-corrected chi connectivity index (χ4v) is 4.43. The quantitative estimate of drug-likeness (QED) is 0.694. The van der Waals surface area contributed by atoms with Gasteiger partial charge < -0.3 is 0 Å². The summed E-state index contributed by atoms with van der Waals surface area (Å²) in [5.41, 5.74) is -0.178. The summed E-state index contributed by atoms with van der Waals surface area (Å²) in [4.78, 5) is 2.41. The van der Waals surface area contributed by atoms with Gasteiger partial charge in [0.25, 0.3) is 0 Å². The number of nitriles is 1. The van der Waals surface area contributed by atoms with E-state index < -0.39 is 10.0 Å². The van der Waals surface area contributed by atoms with Crippen LogP contribution in [0, 0.1) is 23.2 Å². The average Bonchev–Trinajstić information content (AvgIpc) is 2.41. The van der Waals surface area contributed by atoms with E-state index in [-0.39, 0.29) is 11.3 Å². The second kappa shape index (κ2) is 8.28. The molecule has 128 valence electrons. The molecule has 0 amide bonds. The summed E-state index contributed by atoms with van der Waals surface area (Å²) in [7, 11) is -3.25. The van der Waals surface area contributed by atoms with Crippen molar-refractivity contribution in [2.45, 2.75) is 58.9 Å². The molecule has 0 spiro atoms. The van der Waals surface area contributed by atoms with Crippen LogP contribution in [0.3, 0.4) is 0 Å². The molecule has 1 fully saturated rings. The van der Waals surface area contributed by atoms with Gasteiger partial charge in [-0.05, 0) is 44.9 Å². The maximum absolute atomic E-state index is 12.0. The number of hydrogen-bond donors (Lipinski definition) is 1. The summed E-state index contributed by atoms with van der Waals surface area (Å²) in [5, 5.41) is 8.47. The van der Waals surface area contributed by atoms with E-state index in [1.54, 1.807) is 0 Å². The number of nitrogens with one attached hydrogen (secondary N) is 1. The Kier molecular flexibility index (Phi) is 7.30. The molecular formula is C16H31N3O2S. The molecule has 1 N–H and O–H groups in total. The Balaban J connectivity index is 2.48. The lowest BCUT2D eigenvalue weighted by Crippen LogP contribution is -2.56. The van der Waals surface area contributed by atoms with Crippen molar-refractivity contribution in [2.75, 3.05) is 25.4 Å². The van der Waals surface area contributed by atoms with Crippen LogP contribution < -0.4 is 4.72 Å². The highest BCUT2D eigenvalue weighted by Gasteiger charge is 2.33. The minimum atomic E-state index is -3.25. The minimum Gasteiger partial charge on any atom is -0.296 e. The maximum atomic E-state index is 12.0. The van der Waals surface area contributed by atoms with Crippen molar-refractivity contribution in [1.29, 1.82) is 5.26 Å². The van der Waals surface area contributed by atoms with Crippen LogP contribution in [0.15, 0.2) is 0 Å². The Bertz CT molecular complexity index is 472. The topological polar surface area (TPSA) is 73.2 Å². The van der Waals surface area contributed by atoms with E-state index in [0.717, 1.165) is 13.1 Å². The predicted molar refractivity (Wildman–Crippen MR) is 89.9 cm³/mol. The number of nitrogens with zero attached hydrogens (tertiary/aromatic N) is 2. The first kappa shape index (κ1) is 19.4. The number of piperidine rings is 1. The number of rotatable bonds is 8. The standard InChI is InChI=1S/C16H31N3O2S/c1-14-10-15(2)12-19(11-14)16(3,4)13-18-22(20,21)9-7-5-6-8-17/h14-15,18H,5-7,9-13H2,1-4H3/t14-,15-/m0/s1. The summed E-state index contributed by atoms with van der Waals surface area (Å²) >= 11 is 0. The molecular weight excluding hydrogens is 298 g/mol. The number of hydrogen-bond acceptors (Lipinski definition) is 4. The van der Waals surface area contributed by atoms with Crippen LogP contribution in [0.1, 0.15) is 53.4 Å². The molecule has 0 aromatic heterocycles. The smallest absolute Gasteiger partial charge is 0.211 e. The van der Waals surface area contributed by atoms with Gasteiger partial charge in [-0.2, -0.15) is 5.26 Å². The summed E-state index contributed by atoms with van der Waals surface area (Å²) in [6.07, 6.45) is 2.85. The van der Waals surface area contributed by atoms with Crippen LogP contribution in [0.5, 0.6) is 0 Å². The lowest BCUT2D eigenvalue weighted by Gasteiger charge is -2.45. The van der Waals surface area contributed by atoms with Crippen LogP contribution in [-0.2, 0) is 10.0 Å². The van der Waals surface area contributed by atoms with Gasteiger partial charge in [-0.3, -0.25) is 4.90 Å². The minimum absolute atomic E-state index is 0.109. The Morgan fingerprint density at radius 3 is 2.36 bits per heavy atom. The van der Waals surface area contributed by atoms with Gasteiger partial charge in [0.05, 0.1) is 11.8 Å². The molecule has 1 heterocycles. The van der Waals surface area contributed by atoms with Gasteiger partial charge in [0.2, 0.25) is 10.0 Å². The molecule has 5 nitrogen and oxygen atoms in total. The normalized spacial score (nSPS) is 24.1. The number of likely N-dealkylation sites (tertiary alicyclic amines) is 1. The molecule has 0 aromatic rings. The average molecular weight is 330 g/mol. The Hall–Kier alpha value is -0.640.